The quantitative estimate of drug-likeness (QED) is 0.650. The third-order valence-corrected chi connectivity index (χ3v) is 6.58. The second-order valence-corrected chi connectivity index (χ2v) is 8.66. The predicted molar refractivity (Wildman–Crippen MR) is 113 cm³/mol. The van der Waals surface area contributed by atoms with Crippen molar-refractivity contribution >= 4 is 33.4 Å². The van der Waals surface area contributed by atoms with Gasteiger partial charge in [-0.3, -0.25) is 4.79 Å². The monoisotopic (exact) mass is 397 g/mol. The van der Waals surface area contributed by atoms with Crippen LogP contribution in [0, 0.1) is 5.92 Å². The summed E-state index contributed by atoms with van der Waals surface area (Å²) >= 11 is 1.53. The van der Waals surface area contributed by atoms with Crippen LogP contribution in [0.5, 0.6) is 0 Å². The Morgan fingerprint density at radius 1 is 1.25 bits per heavy atom. The molecular weight excluding hydrogens is 370 g/mol. The molecule has 7 heteroatoms. The van der Waals surface area contributed by atoms with Gasteiger partial charge in [0.1, 0.15) is 10.8 Å². The zero-order valence-corrected chi connectivity index (χ0v) is 17.3. The Bertz CT molecular complexity index is 957. The molecule has 6 nitrogen and oxygen atoms in total. The molecule has 1 aliphatic carbocycles. The van der Waals surface area contributed by atoms with Crippen LogP contribution in [-0.2, 0) is 17.8 Å². The first-order chi connectivity index (χ1) is 13.7. The SMILES string of the molecule is CCc1nc2ccccc2n1C[C@@H](C)C(=O)Nc1nnc(C2CCCCC2)s1. The number of anilines is 1. The van der Waals surface area contributed by atoms with Crippen molar-refractivity contribution in [3.63, 3.8) is 0 Å². The maximum absolute atomic E-state index is 12.8. The standard InChI is InChI=1S/C21H27N5OS/c1-3-18-22-16-11-7-8-12-17(16)26(18)13-14(2)19(27)23-21-25-24-20(28-21)15-9-5-4-6-10-15/h7-8,11-12,14-15H,3-6,9-10,13H2,1-2H3,(H,23,25,27)/t14-/m1/s1. The van der Waals surface area contributed by atoms with Gasteiger partial charge in [0.2, 0.25) is 11.0 Å². The molecule has 4 rings (SSSR count). The zero-order valence-electron chi connectivity index (χ0n) is 16.5. The summed E-state index contributed by atoms with van der Waals surface area (Å²) < 4.78 is 2.16. The van der Waals surface area contributed by atoms with Crippen LogP contribution in [0.2, 0.25) is 0 Å². The summed E-state index contributed by atoms with van der Waals surface area (Å²) in [7, 11) is 0. The number of benzene rings is 1. The van der Waals surface area contributed by atoms with Gasteiger partial charge in [0.25, 0.3) is 0 Å². The van der Waals surface area contributed by atoms with Crippen molar-refractivity contribution in [3.05, 3.63) is 35.1 Å². The highest BCUT2D eigenvalue weighted by atomic mass is 32.1. The van der Waals surface area contributed by atoms with Gasteiger partial charge in [-0.2, -0.15) is 0 Å². The summed E-state index contributed by atoms with van der Waals surface area (Å²) in [5, 5.41) is 13.2. The molecule has 148 valence electrons. The normalized spacial score (nSPS) is 16.4. The van der Waals surface area contributed by atoms with Gasteiger partial charge in [0, 0.05) is 18.9 Å². The van der Waals surface area contributed by atoms with E-state index in [9.17, 15) is 4.79 Å². The maximum Gasteiger partial charge on any atom is 0.230 e. The number of rotatable bonds is 6. The van der Waals surface area contributed by atoms with Gasteiger partial charge in [-0.1, -0.05) is 56.6 Å². The van der Waals surface area contributed by atoms with E-state index in [-0.39, 0.29) is 11.8 Å². The molecule has 3 aromatic rings. The van der Waals surface area contributed by atoms with Crippen molar-refractivity contribution in [2.75, 3.05) is 5.32 Å². The summed E-state index contributed by atoms with van der Waals surface area (Å²) in [4.78, 5) is 17.4. The van der Waals surface area contributed by atoms with Gasteiger partial charge in [-0.15, -0.1) is 10.2 Å². The van der Waals surface area contributed by atoms with Crippen LogP contribution in [0.3, 0.4) is 0 Å². The third kappa shape index (κ3) is 3.94. The number of imidazole rings is 1. The lowest BCUT2D eigenvalue weighted by Gasteiger charge is -2.18. The predicted octanol–water partition coefficient (Wildman–Crippen LogP) is 4.77. The average molecular weight is 398 g/mol. The minimum atomic E-state index is -0.190. The fraction of sp³-hybridized carbons (Fsp3) is 0.524. The Hall–Kier alpha value is -2.28. The van der Waals surface area contributed by atoms with Gasteiger partial charge in [-0.05, 0) is 25.0 Å². The van der Waals surface area contributed by atoms with Crippen molar-refractivity contribution in [3.8, 4) is 0 Å². The largest absolute Gasteiger partial charge is 0.327 e. The number of carbonyl (C=O) groups excluding carboxylic acids is 1. The molecule has 2 aromatic heterocycles. The molecule has 1 fully saturated rings. The van der Waals surface area contributed by atoms with Crippen LogP contribution in [0.1, 0.15) is 62.7 Å². The number of carbonyl (C=O) groups is 1. The average Bonchev–Trinajstić information content (AvgIpc) is 3.33. The second-order valence-electron chi connectivity index (χ2n) is 7.65. The van der Waals surface area contributed by atoms with Crippen molar-refractivity contribution < 1.29 is 4.79 Å². The summed E-state index contributed by atoms with van der Waals surface area (Å²) in [5.41, 5.74) is 2.06. The molecule has 1 amide bonds. The van der Waals surface area contributed by atoms with E-state index in [1.54, 1.807) is 0 Å². The highest BCUT2D eigenvalue weighted by molar-refractivity contribution is 7.15. The number of hydrogen-bond acceptors (Lipinski definition) is 5. The molecule has 2 heterocycles. The van der Waals surface area contributed by atoms with E-state index < -0.39 is 0 Å². The molecule has 0 radical (unpaired) electrons. The Labute approximate surface area is 169 Å². The lowest BCUT2D eigenvalue weighted by molar-refractivity contribution is -0.119. The van der Waals surface area contributed by atoms with E-state index in [4.69, 9.17) is 4.98 Å². The Kier molecular flexibility index (Phi) is 5.71. The van der Waals surface area contributed by atoms with Gasteiger partial charge in [0.15, 0.2) is 0 Å². The summed E-state index contributed by atoms with van der Waals surface area (Å²) in [6.07, 6.45) is 7.06. The van der Waals surface area contributed by atoms with E-state index in [0.717, 1.165) is 28.3 Å². The first kappa shape index (κ1) is 19.1. The highest BCUT2D eigenvalue weighted by Crippen LogP contribution is 2.35. The molecule has 1 aromatic carbocycles. The van der Waals surface area contributed by atoms with E-state index in [2.05, 4.69) is 33.1 Å². The Morgan fingerprint density at radius 2 is 2.04 bits per heavy atom. The molecule has 1 atom stereocenters. The number of nitrogens with zero attached hydrogens (tertiary/aromatic N) is 4. The molecular formula is C21H27N5OS. The summed E-state index contributed by atoms with van der Waals surface area (Å²) in [5.74, 6) is 1.31. The molecule has 0 unspecified atom stereocenters. The Morgan fingerprint density at radius 3 is 2.82 bits per heavy atom. The minimum absolute atomic E-state index is 0.0221. The number of amides is 1. The number of aryl methyl sites for hydroxylation is 1. The minimum Gasteiger partial charge on any atom is -0.327 e. The summed E-state index contributed by atoms with van der Waals surface area (Å²) in [6, 6.07) is 8.09. The van der Waals surface area contributed by atoms with Gasteiger partial charge in [-0.25, -0.2) is 4.98 Å². The van der Waals surface area contributed by atoms with Crippen LogP contribution >= 0.6 is 11.3 Å². The molecule has 0 saturated heterocycles. The van der Waals surface area contributed by atoms with Crippen molar-refractivity contribution in [1.29, 1.82) is 0 Å². The van der Waals surface area contributed by atoms with Crippen LogP contribution < -0.4 is 5.32 Å². The van der Waals surface area contributed by atoms with E-state index in [1.807, 2.05) is 25.1 Å². The number of fused-ring (bicyclic) bond motifs is 1. The smallest absolute Gasteiger partial charge is 0.230 e. The molecule has 1 N–H and O–H groups in total. The first-order valence-electron chi connectivity index (χ1n) is 10.2. The lowest BCUT2D eigenvalue weighted by Crippen LogP contribution is -2.25. The van der Waals surface area contributed by atoms with E-state index >= 15 is 0 Å². The summed E-state index contributed by atoms with van der Waals surface area (Å²) in [6.45, 7) is 4.65. The second kappa shape index (κ2) is 8.39. The van der Waals surface area contributed by atoms with E-state index in [0.29, 0.717) is 17.6 Å². The van der Waals surface area contributed by atoms with Crippen molar-refractivity contribution in [2.24, 2.45) is 5.92 Å². The number of hydrogen-bond donors (Lipinski definition) is 1. The topological polar surface area (TPSA) is 72.7 Å². The molecule has 0 aliphatic heterocycles. The van der Waals surface area contributed by atoms with Gasteiger partial charge >= 0.3 is 0 Å². The number of aromatic nitrogens is 4. The van der Waals surface area contributed by atoms with Crippen LogP contribution in [0.15, 0.2) is 24.3 Å². The van der Waals surface area contributed by atoms with Crippen LogP contribution in [0.4, 0.5) is 5.13 Å². The third-order valence-electron chi connectivity index (χ3n) is 5.58. The van der Waals surface area contributed by atoms with Crippen molar-refractivity contribution in [1.82, 2.24) is 19.7 Å². The maximum atomic E-state index is 12.8. The fourth-order valence-corrected chi connectivity index (χ4v) is 4.90. The first-order valence-corrected chi connectivity index (χ1v) is 11.1. The molecule has 0 bridgehead atoms. The van der Waals surface area contributed by atoms with Gasteiger partial charge in [0.05, 0.1) is 17.0 Å². The fourth-order valence-electron chi connectivity index (χ4n) is 3.98. The zero-order chi connectivity index (χ0) is 19.5. The Balaban J connectivity index is 1.44. The van der Waals surface area contributed by atoms with Gasteiger partial charge < -0.3 is 9.88 Å². The molecule has 28 heavy (non-hydrogen) atoms. The molecule has 0 spiro atoms. The van der Waals surface area contributed by atoms with Crippen LogP contribution in [0.25, 0.3) is 11.0 Å². The van der Waals surface area contributed by atoms with Crippen molar-refractivity contribution in [2.45, 2.75) is 64.8 Å². The number of para-hydroxylation sites is 2. The van der Waals surface area contributed by atoms with E-state index in [1.165, 1.54) is 43.4 Å². The molecule has 1 aliphatic rings. The number of nitrogens with one attached hydrogen (secondary N) is 1. The van der Waals surface area contributed by atoms with Crippen LogP contribution in [-0.4, -0.2) is 25.7 Å². The highest BCUT2D eigenvalue weighted by Gasteiger charge is 2.22. The molecule has 1 saturated carbocycles. The lowest BCUT2D eigenvalue weighted by atomic mass is 9.90.